The maximum absolute atomic E-state index is 12.7. The molecular weight excluding hydrogens is 394 g/mol. The molecule has 9 nitrogen and oxygen atoms in total. The Balaban J connectivity index is 1.91. The number of carbonyl (C=O) groups excluding carboxylic acids is 1. The second-order valence-corrected chi connectivity index (χ2v) is 8.57. The van der Waals surface area contributed by atoms with E-state index in [-0.39, 0.29) is 16.2 Å². The van der Waals surface area contributed by atoms with Gasteiger partial charge in [-0.15, -0.1) is 10.2 Å². The van der Waals surface area contributed by atoms with Gasteiger partial charge in [0.05, 0.1) is 7.11 Å². The predicted octanol–water partition coefficient (Wildman–Crippen LogP) is 1.99. The topological polar surface area (TPSA) is 106 Å². The minimum Gasteiger partial charge on any atom is -0.495 e. The Kier molecular flexibility index (Phi) is 5.66. The Hall–Kier alpha value is -3.24. The van der Waals surface area contributed by atoms with Gasteiger partial charge in [0.15, 0.2) is 5.82 Å². The van der Waals surface area contributed by atoms with Gasteiger partial charge in [-0.05, 0) is 30.3 Å². The van der Waals surface area contributed by atoms with Crippen LogP contribution in [0.3, 0.4) is 0 Å². The molecule has 1 amide bonds. The van der Waals surface area contributed by atoms with Crippen LogP contribution in [0.4, 0.5) is 5.69 Å². The van der Waals surface area contributed by atoms with Gasteiger partial charge in [-0.25, -0.2) is 12.7 Å². The first kappa shape index (κ1) is 20.5. The van der Waals surface area contributed by atoms with Crippen molar-refractivity contribution in [2.24, 2.45) is 7.05 Å². The Morgan fingerprint density at radius 2 is 1.93 bits per heavy atom. The summed E-state index contributed by atoms with van der Waals surface area (Å²) in [6.07, 6.45) is 1.59. The van der Waals surface area contributed by atoms with Crippen LogP contribution in [0.5, 0.6) is 5.75 Å². The quantitative estimate of drug-likeness (QED) is 0.660. The molecule has 10 heteroatoms. The lowest BCUT2D eigenvalue weighted by molar-refractivity contribution is 0.102. The molecule has 2 aromatic carbocycles. The molecule has 0 unspecified atom stereocenters. The van der Waals surface area contributed by atoms with Crippen LogP contribution in [0.1, 0.15) is 10.4 Å². The van der Waals surface area contributed by atoms with E-state index in [0.717, 1.165) is 9.87 Å². The zero-order valence-corrected chi connectivity index (χ0v) is 17.3. The van der Waals surface area contributed by atoms with E-state index in [4.69, 9.17) is 4.74 Å². The van der Waals surface area contributed by atoms with E-state index in [9.17, 15) is 13.2 Å². The fourth-order valence-electron chi connectivity index (χ4n) is 2.70. The average Bonchev–Trinajstić information content (AvgIpc) is 3.13. The summed E-state index contributed by atoms with van der Waals surface area (Å²) in [5, 5.41) is 10.7. The van der Waals surface area contributed by atoms with Crippen LogP contribution in [-0.2, 0) is 17.1 Å². The van der Waals surface area contributed by atoms with E-state index in [2.05, 4.69) is 15.5 Å². The monoisotopic (exact) mass is 415 g/mol. The van der Waals surface area contributed by atoms with E-state index in [0.29, 0.717) is 11.5 Å². The molecule has 0 aliphatic carbocycles. The molecule has 29 heavy (non-hydrogen) atoms. The number of nitrogens with one attached hydrogen (secondary N) is 1. The van der Waals surface area contributed by atoms with Gasteiger partial charge >= 0.3 is 0 Å². The fourth-order valence-corrected chi connectivity index (χ4v) is 3.77. The van der Waals surface area contributed by atoms with Crippen LogP contribution in [0.15, 0.2) is 53.7 Å². The summed E-state index contributed by atoms with van der Waals surface area (Å²) < 4.78 is 33.1. The molecule has 1 N–H and O–H groups in total. The number of ether oxygens (including phenoxy) is 1. The van der Waals surface area contributed by atoms with Crippen LogP contribution in [-0.4, -0.2) is 54.6 Å². The fraction of sp³-hybridized carbons (Fsp3) is 0.211. The van der Waals surface area contributed by atoms with Crippen molar-refractivity contribution >= 4 is 21.6 Å². The van der Waals surface area contributed by atoms with Crippen LogP contribution in [0, 0.1) is 0 Å². The average molecular weight is 415 g/mol. The lowest BCUT2D eigenvalue weighted by Gasteiger charge is -2.15. The summed E-state index contributed by atoms with van der Waals surface area (Å²) >= 11 is 0. The van der Waals surface area contributed by atoms with Gasteiger partial charge in [-0.3, -0.25) is 4.79 Å². The minimum atomic E-state index is -3.78. The van der Waals surface area contributed by atoms with Crippen LogP contribution >= 0.6 is 0 Å². The van der Waals surface area contributed by atoms with Gasteiger partial charge < -0.3 is 14.6 Å². The molecule has 152 valence electrons. The van der Waals surface area contributed by atoms with E-state index in [1.807, 2.05) is 13.1 Å². The van der Waals surface area contributed by atoms with Gasteiger partial charge in [0.1, 0.15) is 17.0 Å². The second kappa shape index (κ2) is 8.02. The Morgan fingerprint density at radius 3 is 2.55 bits per heavy atom. The maximum atomic E-state index is 12.7. The van der Waals surface area contributed by atoms with Crippen LogP contribution < -0.4 is 10.1 Å². The van der Waals surface area contributed by atoms with Crippen LogP contribution in [0.25, 0.3) is 11.4 Å². The van der Waals surface area contributed by atoms with Gasteiger partial charge in [-0.1, -0.05) is 12.1 Å². The van der Waals surface area contributed by atoms with Crippen molar-refractivity contribution in [1.29, 1.82) is 0 Å². The summed E-state index contributed by atoms with van der Waals surface area (Å²) in [6, 6.07) is 11.4. The van der Waals surface area contributed by atoms with E-state index in [1.54, 1.807) is 29.1 Å². The number of benzene rings is 2. The number of anilines is 1. The van der Waals surface area contributed by atoms with E-state index < -0.39 is 15.9 Å². The highest BCUT2D eigenvalue weighted by Gasteiger charge is 2.24. The third-order valence-corrected chi connectivity index (χ3v) is 6.11. The summed E-state index contributed by atoms with van der Waals surface area (Å²) in [6.45, 7) is 0. The molecule has 0 saturated carbocycles. The third kappa shape index (κ3) is 4.13. The second-order valence-electron chi connectivity index (χ2n) is 6.45. The first-order valence-electron chi connectivity index (χ1n) is 8.60. The highest BCUT2D eigenvalue weighted by atomic mass is 32.2. The summed E-state index contributed by atoms with van der Waals surface area (Å²) in [7, 11) is 2.25. The minimum absolute atomic E-state index is 0.0783. The number of aryl methyl sites for hydroxylation is 1. The summed E-state index contributed by atoms with van der Waals surface area (Å²) in [5.74, 6) is 0.377. The zero-order chi connectivity index (χ0) is 21.2. The SMILES string of the molecule is COc1ccc(C(=O)Nc2cccc(-c3nncn3C)c2)cc1S(=O)(=O)N(C)C. The van der Waals surface area contributed by atoms with Crippen molar-refractivity contribution < 1.29 is 17.9 Å². The number of sulfonamides is 1. The molecule has 0 bridgehead atoms. The molecule has 0 saturated heterocycles. The third-order valence-electron chi connectivity index (χ3n) is 4.27. The molecule has 0 atom stereocenters. The van der Waals surface area contributed by atoms with Crippen molar-refractivity contribution in [3.8, 4) is 17.1 Å². The number of methoxy groups -OCH3 is 1. The van der Waals surface area contributed by atoms with Crippen molar-refractivity contribution in [2.45, 2.75) is 4.90 Å². The summed E-state index contributed by atoms with van der Waals surface area (Å²) in [5.41, 5.74) is 1.52. The van der Waals surface area contributed by atoms with E-state index >= 15 is 0 Å². The van der Waals surface area contributed by atoms with Crippen LogP contribution in [0.2, 0.25) is 0 Å². The molecule has 0 aliphatic heterocycles. The van der Waals surface area contributed by atoms with Crippen molar-refractivity contribution in [3.63, 3.8) is 0 Å². The first-order chi connectivity index (χ1) is 13.7. The number of hydrogen-bond donors (Lipinski definition) is 1. The van der Waals surface area contributed by atoms with Crippen molar-refractivity contribution in [2.75, 3.05) is 26.5 Å². The number of nitrogens with zero attached hydrogens (tertiary/aromatic N) is 4. The number of hydrogen-bond acceptors (Lipinski definition) is 6. The highest BCUT2D eigenvalue weighted by molar-refractivity contribution is 7.89. The standard InChI is InChI=1S/C19H21N5O4S/c1-23(2)29(26,27)17-11-14(8-9-16(17)28-4)19(25)21-15-7-5-6-13(10-15)18-22-20-12-24(18)3/h5-12H,1-4H3,(H,21,25). The summed E-state index contributed by atoms with van der Waals surface area (Å²) in [4.78, 5) is 12.7. The highest BCUT2D eigenvalue weighted by Crippen LogP contribution is 2.27. The number of aromatic nitrogens is 3. The molecule has 0 aliphatic rings. The Bertz CT molecular complexity index is 1150. The lowest BCUT2D eigenvalue weighted by Crippen LogP contribution is -2.23. The molecule has 0 spiro atoms. The number of amides is 1. The number of carbonyl (C=O) groups is 1. The van der Waals surface area contributed by atoms with E-state index in [1.165, 1.54) is 39.4 Å². The van der Waals surface area contributed by atoms with Crippen molar-refractivity contribution in [3.05, 3.63) is 54.4 Å². The molecule has 1 aromatic heterocycles. The number of rotatable bonds is 6. The molecular formula is C19H21N5O4S. The van der Waals surface area contributed by atoms with Crippen molar-refractivity contribution in [1.82, 2.24) is 19.1 Å². The van der Waals surface area contributed by atoms with Gasteiger partial charge in [-0.2, -0.15) is 0 Å². The molecule has 0 radical (unpaired) electrons. The zero-order valence-electron chi connectivity index (χ0n) is 16.4. The molecule has 3 rings (SSSR count). The van der Waals surface area contributed by atoms with Gasteiger partial charge in [0.2, 0.25) is 10.0 Å². The van der Waals surface area contributed by atoms with Gasteiger partial charge in [0, 0.05) is 38.0 Å². The Morgan fingerprint density at radius 1 is 1.17 bits per heavy atom. The maximum Gasteiger partial charge on any atom is 0.255 e. The first-order valence-corrected chi connectivity index (χ1v) is 10.0. The molecule has 0 fully saturated rings. The van der Waals surface area contributed by atoms with Gasteiger partial charge in [0.25, 0.3) is 5.91 Å². The smallest absolute Gasteiger partial charge is 0.255 e. The Labute approximate surface area is 169 Å². The lowest BCUT2D eigenvalue weighted by atomic mass is 10.1. The molecule has 1 heterocycles. The normalized spacial score (nSPS) is 11.5. The predicted molar refractivity (Wildman–Crippen MR) is 108 cm³/mol. The largest absolute Gasteiger partial charge is 0.495 e. The molecule has 3 aromatic rings.